The molecule has 0 radical (unpaired) electrons. The second kappa shape index (κ2) is 17.3. The van der Waals surface area contributed by atoms with E-state index in [1.54, 1.807) is 50.2 Å². The molecule has 0 atom stereocenters. The van der Waals surface area contributed by atoms with E-state index in [4.69, 9.17) is 9.47 Å². The van der Waals surface area contributed by atoms with E-state index >= 15 is 0 Å². The van der Waals surface area contributed by atoms with Gasteiger partial charge < -0.3 is 20.1 Å². The first kappa shape index (κ1) is 38.1. The number of sulfonamides is 2. The lowest BCUT2D eigenvalue weighted by Gasteiger charge is -2.11. The van der Waals surface area contributed by atoms with Crippen LogP contribution in [0.15, 0.2) is 107 Å². The number of benzene rings is 4. The van der Waals surface area contributed by atoms with E-state index in [9.17, 15) is 36.0 Å². The van der Waals surface area contributed by atoms with Crippen molar-refractivity contribution in [3.8, 4) is 0 Å². The fourth-order valence-corrected chi connectivity index (χ4v) is 7.02. The van der Waals surface area contributed by atoms with Gasteiger partial charge in [-0.25, -0.2) is 45.5 Å². The number of unbranched alkanes of at least 4 members (excludes halogenated alkanes) is 2. The molecule has 0 aliphatic rings. The van der Waals surface area contributed by atoms with Crippen molar-refractivity contribution in [1.29, 1.82) is 0 Å². The topological polar surface area (TPSA) is 203 Å². The van der Waals surface area contributed by atoms with Gasteiger partial charge in [-0.3, -0.25) is 0 Å². The van der Waals surface area contributed by atoms with Crippen molar-refractivity contribution >= 4 is 55.4 Å². The molecule has 4 aromatic carbocycles. The van der Waals surface area contributed by atoms with Crippen LogP contribution >= 0.6 is 0 Å². The molecule has 16 heteroatoms. The van der Waals surface area contributed by atoms with E-state index in [0.29, 0.717) is 30.4 Å². The molecule has 0 heterocycles. The zero-order chi connectivity index (χ0) is 37.0. The summed E-state index contributed by atoms with van der Waals surface area (Å²) in [6.07, 6.45) is 1.51. The fraction of sp³-hybridized carbons (Fsp3) is 0.200. The summed E-state index contributed by atoms with van der Waals surface area (Å²) in [5.74, 6) is -1.29. The number of carbonyl (C=O) groups is 4. The molecule has 0 spiro atoms. The molecule has 0 saturated heterocycles. The Morgan fingerprint density at radius 2 is 0.922 bits per heavy atom. The quantitative estimate of drug-likeness (QED) is 0.0945. The van der Waals surface area contributed by atoms with Crippen molar-refractivity contribution in [3.05, 3.63) is 119 Å². The number of anilines is 2. The minimum absolute atomic E-state index is 0.0337. The number of ether oxygens (including phenoxy) is 2. The lowest BCUT2D eigenvalue weighted by atomic mass is 10.2. The summed E-state index contributed by atoms with van der Waals surface area (Å²) in [7, 11) is -8.22. The number of urea groups is 2. The third-order valence-electron chi connectivity index (χ3n) is 7.19. The van der Waals surface area contributed by atoms with Crippen LogP contribution < -0.4 is 20.1 Å². The predicted octanol–water partition coefficient (Wildman–Crippen LogP) is 5.51. The van der Waals surface area contributed by atoms with Crippen molar-refractivity contribution in [3.63, 3.8) is 0 Å². The number of amides is 4. The van der Waals surface area contributed by atoms with Gasteiger partial charge in [0, 0.05) is 11.4 Å². The Morgan fingerprint density at radius 3 is 1.31 bits per heavy atom. The number of nitrogens with one attached hydrogen (secondary N) is 4. The molecule has 0 bridgehead atoms. The number of rotatable bonds is 14. The summed E-state index contributed by atoms with van der Waals surface area (Å²) >= 11 is 0. The Balaban J connectivity index is 1.15. The number of hydrogen-bond acceptors (Lipinski definition) is 10. The lowest BCUT2D eigenvalue weighted by Crippen LogP contribution is -2.34. The lowest BCUT2D eigenvalue weighted by molar-refractivity contribution is 0.0477. The van der Waals surface area contributed by atoms with Crippen molar-refractivity contribution in [2.24, 2.45) is 0 Å². The summed E-state index contributed by atoms with van der Waals surface area (Å²) < 4.78 is 64.7. The Hall–Kier alpha value is -5.74. The first-order chi connectivity index (χ1) is 24.2. The van der Waals surface area contributed by atoms with Gasteiger partial charge in [-0.2, -0.15) is 0 Å². The molecule has 0 unspecified atom stereocenters. The van der Waals surface area contributed by atoms with Gasteiger partial charge in [0.2, 0.25) is 0 Å². The molecule has 4 N–H and O–H groups in total. The summed E-state index contributed by atoms with van der Waals surface area (Å²) in [6.45, 7) is 3.37. The normalized spacial score (nSPS) is 11.2. The molecule has 0 aromatic heterocycles. The van der Waals surface area contributed by atoms with Gasteiger partial charge in [0.15, 0.2) is 0 Å². The van der Waals surface area contributed by atoms with Gasteiger partial charge in [-0.05, 0) is 92.8 Å². The van der Waals surface area contributed by atoms with Crippen LogP contribution in [0.25, 0.3) is 0 Å². The van der Waals surface area contributed by atoms with Crippen LogP contribution in [0.1, 0.15) is 51.1 Å². The standard InChI is InChI=1S/C35H36N4O10S2/c1-24-12-4-6-18-30(24)50(44,45)38-34(42)36-28-16-10-14-26(22-28)32(40)48-20-8-3-9-21-49-33(41)27-15-11-17-29(23-27)37-35(43)39-51(46,47)31-19-7-5-13-25(31)2/h4-7,10-19,22-23H,3,8-9,20-21H2,1-2H3,(H2,36,38,42)(H2,37,39,43). The van der Waals surface area contributed by atoms with Gasteiger partial charge in [0.05, 0.1) is 34.1 Å². The van der Waals surface area contributed by atoms with Gasteiger partial charge in [0.1, 0.15) is 0 Å². The monoisotopic (exact) mass is 736 g/mol. The summed E-state index contributed by atoms with van der Waals surface area (Å²) in [6, 6.07) is 22.1. The maximum atomic E-state index is 12.6. The summed E-state index contributed by atoms with van der Waals surface area (Å²) in [5.41, 5.74) is 1.59. The number of carbonyl (C=O) groups excluding carboxylic acids is 4. The maximum Gasteiger partial charge on any atom is 0.338 e. The molecule has 268 valence electrons. The van der Waals surface area contributed by atoms with Crippen LogP contribution in [-0.4, -0.2) is 54.1 Å². The molecule has 0 aliphatic heterocycles. The third-order valence-corrected chi connectivity index (χ3v) is 10.2. The molecule has 0 saturated carbocycles. The Labute approximate surface area is 295 Å². The third kappa shape index (κ3) is 11.1. The minimum Gasteiger partial charge on any atom is -0.462 e. The van der Waals surface area contributed by atoms with Gasteiger partial charge in [-0.1, -0.05) is 48.5 Å². The molecular weight excluding hydrogens is 701 g/mol. The molecule has 4 aromatic rings. The van der Waals surface area contributed by atoms with Crippen molar-refractivity contribution in [2.75, 3.05) is 23.8 Å². The largest absolute Gasteiger partial charge is 0.462 e. The molecule has 14 nitrogen and oxygen atoms in total. The van der Waals surface area contributed by atoms with E-state index in [0.717, 1.165) is 0 Å². The average molecular weight is 737 g/mol. The highest BCUT2D eigenvalue weighted by atomic mass is 32.2. The first-order valence-electron chi connectivity index (χ1n) is 15.6. The van der Waals surface area contributed by atoms with Gasteiger partial charge >= 0.3 is 24.0 Å². The summed E-state index contributed by atoms with van der Waals surface area (Å²) in [4.78, 5) is 49.7. The second-order valence-corrected chi connectivity index (χ2v) is 14.4. The van der Waals surface area contributed by atoms with Crippen LogP contribution in [0, 0.1) is 13.8 Å². The summed E-state index contributed by atoms with van der Waals surface area (Å²) in [5, 5.41) is 4.80. The van der Waals surface area contributed by atoms with E-state index in [1.807, 2.05) is 9.44 Å². The number of hydrogen-bond donors (Lipinski definition) is 4. The number of esters is 2. The van der Waals surface area contributed by atoms with Crippen molar-refractivity contribution < 1.29 is 45.5 Å². The average Bonchev–Trinajstić information content (AvgIpc) is 3.07. The Kier molecular flexibility index (Phi) is 12.9. The van der Waals surface area contributed by atoms with Crippen LogP contribution in [0.4, 0.5) is 21.0 Å². The fourth-order valence-electron chi connectivity index (χ4n) is 4.71. The highest BCUT2D eigenvalue weighted by Crippen LogP contribution is 2.17. The van der Waals surface area contributed by atoms with E-state index in [1.165, 1.54) is 60.7 Å². The minimum atomic E-state index is -4.11. The van der Waals surface area contributed by atoms with E-state index in [2.05, 4.69) is 10.6 Å². The molecule has 51 heavy (non-hydrogen) atoms. The molecular formula is C35H36N4O10S2. The Morgan fingerprint density at radius 1 is 0.529 bits per heavy atom. The van der Waals surface area contributed by atoms with Gasteiger partial charge in [-0.15, -0.1) is 0 Å². The smallest absolute Gasteiger partial charge is 0.338 e. The predicted molar refractivity (Wildman–Crippen MR) is 188 cm³/mol. The van der Waals surface area contributed by atoms with Crippen LogP contribution in [-0.2, 0) is 29.5 Å². The van der Waals surface area contributed by atoms with E-state index < -0.39 is 44.0 Å². The zero-order valence-corrected chi connectivity index (χ0v) is 29.3. The van der Waals surface area contributed by atoms with Crippen LogP contribution in [0.3, 0.4) is 0 Å². The van der Waals surface area contributed by atoms with E-state index in [-0.39, 0.29) is 45.5 Å². The van der Waals surface area contributed by atoms with Crippen LogP contribution in [0.5, 0.6) is 0 Å². The van der Waals surface area contributed by atoms with Crippen molar-refractivity contribution in [1.82, 2.24) is 9.44 Å². The number of aryl methyl sites for hydroxylation is 2. The van der Waals surface area contributed by atoms with Crippen LogP contribution in [0.2, 0.25) is 0 Å². The molecule has 4 amide bonds. The SMILES string of the molecule is Cc1ccccc1S(=O)(=O)NC(=O)Nc1cccc(C(=O)OCCCCCOC(=O)c2cccc(NC(=O)NS(=O)(=O)c3ccccc3C)c2)c1. The highest BCUT2D eigenvalue weighted by molar-refractivity contribution is 7.90. The molecule has 0 aliphatic carbocycles. The zero-order valence-electron chi connectivity index (χ0n) is 27.7. The second-order valence-electron chi connectivity index (χ2n) is 11.1. The maximum absolute atomic E-state index is 12.6. The first-order valence-corrected chi connectivity index (χ1v) is 18.5. The van der Waals surface area contributed by atoms with Gasteiger partial charge in [0.25, 0.3) is 20.0 Å². The highest BCUT2D eigenvalue weighted by Gasteiger charge is 2.21. The molecule has 0 fully saturated rings. The van der Waals surface area contributed by atoms with Crippen molar-refractivity contribution in [2.45, 2.75) is 42.9 Å². The Bertz CT molecular complexity index is 1990. The molecule has 4 rings (SSSR count).